The van der Waals surface area contributed by atoms with E-state index in [4.69, 9.17) is 11.6 Å². The highest BCUT2D eigenvalue weighted by Crippen LogP contribution is 2.27. The van der Waals surface area contributed by atoms with Gasteiger partial charge < -0.3 is 5.32 Å². The van der Waals surface area contributed by atoms with Gasteiger partial charge in [0.2, 0.25) is 0 Å². The fraction of sp³-hybridized carbons (Fsp3) is 0. The third kappa shape index (κ3) is 2.77. The van der Waals surface area contributed by atoms with Crippen LogP contribution in [0.3, 0.4) is 0 Å². The minimum absolute atomic E-state index is 0.0430. The van der Waals surface area contributed by atoms with Gasteiger partial charge in [0, 0.05) is 10.6 Å². The number of halogens is 2. The van der Waals surface area contributed by atoms with E-state index < -0.39 is 17.3 Å². The van der Waals surface area contributed by atoms with Gasteiger partial charge in [0.15, 0.2) is 4.96 Å². The number of rotatable bonds is 2. The fourth-order valence-corrected chi connectivity index (χ4v) is 3.72. The van der Waals surface area contributed by atoms with Crippen LogP contribution in [0, 0.1) is 5.82 Å². The summed E-state index contributed by atoms with van der Waals surface area (Å²) in [5.74, 6) is -0.954. The molecule has 0 aliphatic rings. The molecule has 4 rings (SSSR count). The molecule has 0 saturated carbocycles. The largest absolute Gasteiger partial charge is 0.316 e. The van der Waals surface area contributed by atoms with Crippen molar-refractivity contribution in [3.8, 4) is 0 Å². The molecule has 0 saturated heterocycles. The standard InChI is InChI=1S/C17H9ClFN3O2S/c18-10-3-6-13-14(7-10)25-17-20-8-12(16(24)22(13)17)21-15(23)9-1-4-11(19)5-2-9/h1-8H,(H,21,23). The average Bonchev–Trinajstić information content (AvgIpc) is 2.96. The number of carbonyl (C=O) groups is 1. The molecule has 1 N–H and O–H groups in total. The van der Waals surface area contributed by atoms with Crippen molar-refractivity contribution >= 4 is 49.7 Å². The molecule has 0 radical (unpaired) electrons. The highest BCUT2D eigenvalue weighted by molar-refractivity contribution is 7.23. The molecule has 0 aliphatic carbocycles. The van der Waals surface area contributed by atoms with Gasteiger partial charge in [-0.05, 0) is 42.5 Å². The number of anilines is 1. The second kappa shape index (κ2) is 5.94. The number of hydrogen-bond donors (Lipinski definition) is 1. The van der Waals surface area contributed by atoms with E-state index in [1.54, 1.807) is 18.2 Å². The zero-order valence-corrected chi connectivity index (χ0v) is 14.1. The van der Waals surface area contributed by atoms with Crippen molar-refractivity contribution in [1.29, 1.82) is 0 Å². The first kappa shape index (κ1) is 15.7. The Morgan fingerprint density at radius 3 is 2.72 bits per heavy atom. The molecule has 0 unspecified atom stereocenters. The number of amides is 1. The first-order valence-corrected chi connectivity index (χ1v) is 8.39. The molecule has 0 bridgehead atoms. The number of fused-ring (bicyclic) bond motifs is 3. The van der Waals surface area contributed by atoms with E-state index in [0.29, 0.717) is 15.5 Å². The van der Waals surface area contributed by atoms with E-state index in [2.05, 4.69) is 10.3 Å². The number of benzene rings is 2. The molecule has 4 aromatic rings. The zero-order chi connectivity index (χ0) is 17.6. The Labute approximate surface area is 149 Å². The number of thiazole rings is 1. The molecule has 1 amide bonds. The summed E-state index contributed by atoms with van der Waals surface area (Å²) in [6.07, 6.45) is 1.32. The van der Waals surface area contributed by atoms with Crippen LogP contribution in [-0.2, 0) is 0 Å². The van der Waals surface area contributed by atoms with Crippen molar-refractivity contribution in [2.75, 3.05) is 5.32 Å². The van der Waals surface area contributed by atoms with Gasteiger partial charge in [0.1, 0.15) is 11.5 Å². The first-order chi connectivity index (χ1) is 12.0. The van der Waals surface area contributed by atoms with Gasteiger partial charge >= 0.3 is 0 Å². The van der Waals surface area contributed by atoms with E-state index >= 15 is 0 Å². The highest BCUT2D eigenvalue weighted by atomic mass is 35.5. The second-order valence-corrected chi connectivity index (χ2v) is 6.72. The normalized spacial score (nSPS) is 11.1. The van der Waals surface area contributed by atoms with E-state index in [1.807, 2.05) is 0 Å². The third-order valence-electron chi connectivity index (χ3n) is 3.65. The topological polar surface area (TPSA) is 63.5 Å². The molecule has 25 heavy (non-hydrogen) atoms. The Morgan fingerprint density at radius 1 is 1.20 bits per heavy atom. The Kier molecular flexibility index (Phi) is 3.74. The minimum atomic E-state index is -0.513. The molecule has 2 aromatic carbocycles. The van der Waals surface area contributed by atoms with Crippen LogP contribution in [0.5, 0.6) is 0 Å². The Bertz CT molecular complexity index is 1180. The van der Waals surface area contributed by atoms with E-state index in [0.717, 1.165) is 4.70 Å². The lowest BCUT2D eigenvalue weighted by molar-refractivity contribution is 0.102. The molecule has 0 aliphatic heterocycles. The van der Waals surface area contributed by atoms with Gasteiger partial charge in [-0.25, -0.2) is 13.8 Å². The molecular formula is C17H9ClFN3O2S. The molecular weight excluding hydrogens is 365 g/mol. The van der Waals surface area contributed by atoms with Crippen LogP contribution in [0.25, 0.3) is 15.2 Å². The lowest BCUT2D eigenvalue weighted by atomic mass is 10.2. The maximum absolute atomic E-state index is 13.0. The van der Waals surface area contributed by atoms with E-state index in [1.165, 1.54) is 46.2 Å². The van der Waals surface area contributed by atoms with Crippen LogP contribution in [-0.4, -0.2) is 15.3 Å². The van der Waals surface area contributed by atoms with Crippen molar-refractivity contribution in [3.05, 3.63) is 75.4 Å². The monoisotopic (exact) mass is 373 g/mol. The molecule has 124 valence electrons. The van der Waals surface area contributed by atoms with Gasteiger partial charge in [0.25, 0.3) is 11.5 Å². The number of nitrogens with one attached hydrogen (secondary N) is 1. The summed E-state index contributed by atoms with van der Waals surface area (Å²) >= 11 is 7.31. The van der Waals surface area contributed by atoms with Crippen LogP contribution in [0.4, 0.5) is 10.1 Å². The Hall–Kier alpha value is -2.77. The average molecular weight is 374 g/mol. The van der Waals surface area contributed by atoms with Crippen molar-refractivity contribution in [1.82, 2.24) is 9.38 Å². The summed E-state index contributed by atoms with van der Waals surface area (Å²) in [6.45, 7) is 0. The summed E-state index contributed by atoms with van der Waals surface area (Å²) in [5, 5.41) is 3.09. The van der Waals surface area contributed by atoms with Crippen LogP contribution in [0.2, 0.25) is 5.02 Å². The van der Waals surface area contributed by atoms with Crippen molar-refractivity contribution < 1.29 is 9.18 Å². The van der Waals surface area contributed by atoms with Gasteiger partial charge in [-0.3, -0.25) is 9.59 Å². The summed E-state index contributed by atoms with van der Waals surface area (Å²) in [7, 11) is 0. The maximum atomic E-state index is 13.0. The second-order valence-electron chi connectivity index (χ2n) is 5.27. The molecule has 2 aromatic heterocycles. The minimum Gasteiger partial charge on any atom is -0.316 e. The maximum Gasteiger partial charge on any atom is 0.282 e. The highest BCUT2D eigenvalue weighted by Gasteiger charge is 2.14. The summed E-state index contributed by atoms with van der Waals surface area (Å²) in [6, 6.07) is 10.2. The van der Waals surface area contributed by atoms with Crippen molar-refractivity contribution in [2.24, 2.45) is 0 Å². The number of aromatic nitrogens is 2. The zero-order valence-electron chi connectivity index (χ0n) is 12.5. The SMILES string of the molecule is O=C(Nc1cnc2sc3cc(Cl)ccc3n2c1=O)c1ccc(F)cc1. The predicted molar refractivity (Wildman–Crippen MR) is 96.2 cm³/mol. The van der Waals surface area contributed by atoms with Crippen LogP contribution in [0.1, 0.15) is 10.4 Å². The molecule has 2 heterocycles. The third-order valence-corrected chi connectivity index (χ3v) is 4.90. The Balaban J connectivity index is 1.79. The lowest BCUT2D eigenvalue weighted by Crippen LogP contribution is -2.22. The van der Waals surface area contributed by atoms with Crippen molar-refractivity contribution in [3.63, 3.8) is 0 Å². The van der Waals surface area contributed by atoms with Crippen molar-refractivity contribution in [2.45, 2.75) is 0 Å². The van der Waals surface area contributed by atoms with Gasteiger partial charge in [-0.1, -0.05) is 22.9 Å². The summed E-state index contributed by atoms with van der Waals surface area (Å²) in [5.41, 5.74) is 0.558. The number of hydrogen-bond acceptors (Lipinski definition) is 4. The molecule has 0 atom stereocenters. The molecule has 8 heteroatoms. The van der Waals surface area contributed by atoms with Crippen LogP contribution in [0.15, 0.2) is 53.5 Å². The lowest BCUT2D eigenvalue weighted by Gasteiger charge is -2.05. The number of carbonyl (C=O) groups excluding carboxylic acids is 1. The van der Waals surface area contributed by atoms with Gasteiger partial charge in [0.05, 0.1) is 16.4 Å². The number of nitrogens with zero attached hydrogens (tertiary/aromatic N) is 2. The summed E-state index contributed by atoms with van der Waals surface area (Å²) in [4.78, 5) is 29.7. The van der Waals surface area contributed by atoms with Gasteiger partial charge in [-0.15, -0.1) is 0 Å². The quantitative estimate of drug-likeness (QED) is 0.578. The first-order valence-electron chi connectivity index (χ1n) is 7.20. The molecule has 0 fully saturated rings. The van der Waals surface area contributed by atoms with E-state index in [-0.39, 0.29) is 11.3 Å². The smallest absolute Gasteiger partial charge is 0.282 e. The van der Waals surface area contributed by atoms with E-state index in [9.17, 15) is 14.0 Å². The molecule has 0 spiro atoms. The fourth-order valence-electron chi connectivity index (χ4n) is 2.46. The molecule has 5 nitrogen and oxygen atoms in total. The van der Waals surface area contributed by atoms with Gasteiger partial charge in [-0.2, -0.15) is 0 Å². The van der Waals surface area contributed by atoms with Crippen LogP contribution < -0.4 is 10.9 Å². The predicted octanol–water partition coefficient (Wildman–Crippen LogP) is 3.95. The van der Waals surface area contributed by atoms with Crippen LogP contribution >= 0.6 is 22.9 Å². The summed E-state index contributed by atoms with van der Waals surface area (Å²) < 4.78 is 15.2. The Morgan fingerprint density at radius 2 is 1.96 bits per heavy atom.